The van der Waals surface area contributed by atoms with E-state index in [9.17, 15) is 4.79 Å². The molecule has 0 bridgehead atoms. The maximum atomic E-state index is 11.4. The Morgan fingerprint density at radius 3 is 2.50 bits per heavy atom. The highest BCUT2D eigenvalue weighted by Gasteiger charge is 2.30. The Balaban J connectivity index is 1.48. The van der Waals surface area contributed by atoms with E-state index in [2.05, 4.69) is 40.1 Å². The number of likely N-dealkylation sites (tertiary alicyclic amines) is 2. The Bertz CT molecular complexity index is 482. The fourth-order valence-corrected chi connectivity index (χ4v) is 3.85. The number of nitrogens with zero attached hydrogens (tertiary/aromatic N) is 2. The molecule has 1 amide bonds. The van der Waals surface area contributed by atoms with Crippen LogP contribution in [0, 0.1) is 5.92 Å². The van der Waals surface area contributed by atoms with Crippen LogP contribution in [0.3, 0.4) is 0 Å². The van der Waals surface area contributed by atoms with Crippen LogP contribution in [0.4, 0.5) is 0 Å². The summed E-state index contributed by atoms with van der Waals surface area (Å²) in [5, 5.41) is 0. The van der Waals surface area contributed by atoms with Gasteiger partial charge in [0.25, 0.3) is 0 Å². The van der Waals surface area contributed by atoms with Crippen molar-refractivity contribution in [2.45, 2.75) is 38.3 Å². The van der Waals surface area contributed by atoms with Gasteiger partial charge in [0, 0.05) is 19.1 Å². The summed E-state index contributed by atoms with van der Waals surface area (Å²) in [5.41, 5.74) is 6.89. The highest BCUT2D eigenvalue weighted by molar-refractivity contribution is 5.76. The molecular weight excluding hydrogens is 274 g/mol. The lowest BCUT2D eigenvalue weighted by molar-refractivity contribution is -0.123. The quantitative estimate of drug-likeness (QED) is 0.923. The maximum absolute atomic E-state index is 11.4. The first-order valence-electron chi connectivity index (χ1n) is 8.52. The number of primary amides is 1. The van der Waals surface area contributed by atoms with Crippen LogP contribution in [0.1, 0.15) is 31.2 Å². The SMILES string of the molecule is NC(=O)[C@@H]1CCCN(C2CCN(Cc3ccccc3)CC2)C1. The molecule has 2 heterocycles. The van der Waals surface area contributed by atoms with Gasteiger partial charge in [-0.25, -0.2) is 0 Å². The van der Waals surface area contributed by atoms with Crippen molar-refractivity contribution in [2.75, 3.05) is 26.2 Å². The maximum Gasteiger partial charge on any atom is 0.221 e. The van der Waals surface area contributed by atoms with Crippen LogP contribution in [0.5, 0.6) is 0 Å². The number of hydrogen-bond acceptors (Lipinski definition) is 3. The lowest BCUT2D eigenvalue weighted by atomic mass is 9.93. The van der Waals surface area contributed by atoms with Crippen molar-refractivity contribution in [3.63, 3.8) is 0 Å². The van der Waals surface area contributed by atoms with Gasteiger partial charge < -0.3 is 5.73 Å². The molecular formula is C18H27N3O. The van der Waals surface area contributed by atoms with Crippen LogP contribution >= 0.6 is 0 Å². The number of carbonyl (C=O) groups is 1. The van der Waals surface area contributed by atoms with Crippen molar-refractivity contribution in [2.24, 2.45) is 11.7 Å². The largest absolute Gasteiger partial charge is 0.369 e. The number of hydrogen-bond donors (Lipinski definition) is 1. The van der Waals surface area contributed by atoms with E-state index in [1.807, 2.05) is 0 Å². The van der Waals surface area contributed by atoms with E-state index in [-0.39, 0.29) is 11.8 Å². The predicted octanol–water partition coefficient (Wildman–Crippen LogP) is 1.85. The molecule has 4 nitrogen and oxygen atoms in total. The molecule has 2 aliphatic rings. The summed E-state index contributed by atoms with van der Waals surface area (Å²) in [7, 11) is 0. The molecule has 4 heteroatoms. The molecule has 0 unspecified atom stereocenters. The van der Waals surface area contributed by atoms with Gasteiger partial charge in [-0.15, -0.1) is 0 Å². The van der Waals surface area contributed by atoms with Gasteiger partial charge in [-0.1, -0.05) is 30.3 Å². The lowest BCUT2D eigenvalue weighted by Gasteiger charge is -2.41. The molecule has 120 valence electrons. The van der Waals surface area contributed by atoms with Gasteiger partial charge in [-0.2, -0.15) is 0 Å². The highest BCUT2D eigenvalue weighted by Crippen LogP contribution is 2.24. The second-order valence-electron chi connectivity index (χ2n) is 6.73. The standard InChI is InChI=1S/C18H27N3O/c19-18(22)16-7-4-10-21(14-16)17-8-11-20(12-9-17)13-15-5-2-1-3-6-15/h1-3,5-6,16-17H,4,7-14H2,(H2,19,22)/t16-/m1/s1. The van der Waals surface area contributed by atoms with Crippen LogP contribution in [0.25, 0.3) is 0 Å². The minimum atomic E-state index is -0.119. The summed E-state index contributed by atoms with van der Waals surface area (Å²) < 4.78 is 0. The second-order valence-corrected chi connectivity index (χ2v) is 6.73. The Morgan fingerprint density at radius 1 is 1.09 bits per heavy atom. The number of benzene rings is 1. The molecule has 2 saturated heterocycles. The summed E-state index contributed by atoms with van der Waals surface area (Å²) in [6, 6.07) is 11.3. The van der Waals surface area contributed by atoms with E-state index in [0.29, 0.717) is 6.04 Å². The number of carbonyl (C=O) groups excluding carboxylic acids is 1. The van der Waals surface area contributed by atoms with Gasteiger partial charge in [-0.05, 0) is 50.9 Å². The molecule has 0 radical (unpaired) electrons. The topological polar surface area (TPSA) is 49.6 Å². The van der Waals surface area contributed by atoms with E-state index in [4.69, 9.17) is 5.73 Å². The predicted molar refractivity (Wildman–Crippen MR) is 88.2 cm³/mol. The fourth-order valence-electron chi connectivity index (χ4n) is 3.85. The van der Waals surface area contributed by atoms with E-state index in [1.165, 1.54) is 18.4 Å². The highest BCUT2D eigenvalue weighted by atomic mass is 16.1. The van der Waals surface area contributed by atoms with Crippen LogP contribution < -0.4 is 5.73 Å². The Labute approximate surface area is 133 Å². The Morgan fingerprint density at radius 2 is 1.82 bits per heavy atom. The molecule has 2 aliphatic heterocycles. The van der Waals surface area contributed by atoms with E-state index in [0.717, 1.165) is 45.6 Å². The normalized spacial score (nSPS) is 25.2. The number of rotatable bonds is 4. The van der Waals surface area contributed by atoms with Crippen molar-refractivity contribution in [3.05, 3.63) is 35.9 Å². The zero-order chi connectivity index (χ0) is 15.4. The molecule has 1 atom stereocenters. The summed E-state index contributed by atoms with van der Waals surface area (Å²) in [5.74, 6) is -0.0534. The number of piperidine rings is 2. The number of nitrogens with two attached hydrogens (primary N) is 1. The molecule has 2 N–H and O–H groups in total. The Kier molecular flexibility index (Phi) is 5.11. The monoisotopic (exact) mass is 301 g/mol. The molecule has 1 aromatic rings. The summed E-state index contributed by atoms with van der Waals surface area (Å²) >= 11 is 0. The average molecular weight is 301 g/mol. The van der Waals surface area contributed by atoms with Crippen LogP contribution in [-0.4, -0.2) is 47.9 Å². The average Bonchev–Trinajstić information content (AvgIpc) is 2.56. The van der Waals surface area contributed by atoms with E-state index >= 15 is 0 Å². The first-order valence-corrected chi connectivity index (χ1v) is 8.52. The lowest BCUT2D eigenvalue weighted by Crippen LogP contribution is -2.50. The summed E-state index contributed by atoms with van der Waals surface area (Å²) in [6.45, 7) is 5.36. The third-order valence-electron chi connectivity index (χ3n) is 5.18. The van der Waals surface area contributed by atoms with Gasteiger partial charge in [0.1, 0.15) is 0 Å². The molecule has 1 aromatic carbocycles. The van der Waals surface area contributed by atoms with Gasteiger partial charge in [0.2, 0.25) is 5.91 Å². The summed E-state index contributed by atoms with van der Waals surface area (Å²) in [6.07, 6.45) is 4.49. The minimum Gasteiger partial charge on any atom is -0.369 e. The van der Waals surface area contributed by atoms with Gasteiger partial charge in [-0.3, -0.25) is 14.6 Å². The second kappa shape index (κ2) is 7.25. The first kappa shape index (κ1) is 15.5. The van der Waals surface area contributed by atoms with Crippen LogP contribution in [0.2, 0.25) is 0 Å². The molecule has 0 aromatic heterocycles. The van der Waals surface area contributed by atoms with Crippen molar-refractivity contribution in [3.8, 4) is 0 Å². The fraction of sp³-hybridized carbons (Fsp3) is 0.611. The zero-order valence-electron chi connectivity index (χ0n) is 13.3. The molecule has 2 fully saturated rings. The molecule has 0 aliphatic carbocycles. The van der Waals surface area contributed by atoms with Crippen molar-refractivity contribution < 1.29 is 4.79 Å². The van der Waals surface area contributed by atoms with Gasteiger partial charge in [0.15, 0.2) is 0 Å². The summed E-state index contributed by atoms with van der Waals surface area (Å²) in [4.78, 5) is 16.5. The molecule has 0 saturated carbocycles. The van der Waals surface area contributed by atoms with Crippen LogP contribution in [-0.2, 0) is 11.3 Å². The van der Waals surface area contributed by atoms with Gasteiger partial charge in [0.05, 0.1) is 5.92 Å². The van der Waals surface area contributed by atoms with Gasteiger partial charge >= 0.3 is 0 Å². The Hall–Kier alpha value is -1.39. The molecule has 0 spiro atoms. The van der Waals surface area contributed by atoms with Crippen molar-refractivity contribution >= 4 is 5.91 Å². The third-order valence-corrected chi connectivity index (χ3v) is 5.18. The van der Waals surface area contributed by atoms with Crippen molar-refractivity contribution in [1.29, 1.82) is 0 Å². The zero-order valence-corrected chi connectivity index (χ0v) is 13.3. The minimum absolute atomic E-state index is 0.0658. The first-order chi connectivity index (χ1) is 10.7. The van der Waals surface area contributed by atoms with Crippen LogP contribution in [0.15, 0.2) is 30.3 Å². The smallest absolute Gasteiger partial charge is 0.221 e. The third kappa shape index (κ3) is 3.87. The van der Waals surface area contributed by atoms with E-state index in [1.54, 1.807) is 0 Å². The molecule has 22 heavy (non-hydrogen) atoms. The van der Waals surface area contributed by atoms with Crippen molar-refractivity contribution in [1.82, 2.24) is 9.80 Å². The molecule has 3 rings (SSSR count). The van der Waals surface area contributed by atoms with E-state index < -0.39 is 0 Å². The number of amides is 1.